The molecule has 2 fully saturated rings. The summed E-state index contributed by atoms with van der Waals surface area (Å²) in [4.78, 5) is 38.4. The van der Waals surface area contributed by atoms with Crippen molar-refractivity contribution in [1.29, 1.82) is 0 Å². The first-order valence-corrected chi connectivity index (χ1v) is 7.48. The number of carbonyl (C=O) groups excluding carboxylic acids is 2. The van der Waals surface area contributed by atoms with Gasteiger partial charge in [0.1, 0.15) is 6.54 Å². The number of carboxylic acid groups (broad SMARTS) is 1. The van der Waals surface area contributed by atoms with Gasteiger partial charge < -0.3 is 20.2 Å². The van der Waals surface area contributed by atoms with E-state index < -0.39 is 11.9 Å². The molecule has 3 amide bonds. The minimum atomic E-state index is -0.830. The Bertz CT molecular complexity index is 440. The molecule has 0 saturated carbocycles. The number of fused-ring (bicyclic) bond motifs is 2. The molecule has 21 heavy (non-hydrogen) atoms. The summed E-state index contributed by atoms with van der Waals surface area (Å²) in [6.07, 6.45) is 2.97. The molecule has 3 unspecified atom stereocenters. The number of amides is 3. The van der Waals surface area contributed by atoms with E-state index in [1.54, 1.807) is 11.9 Å². The highest BCUT2D eigenvalue weighted by Gasteiger charge is 2.51. The van der Waals surface area contributed by atoms with Crippen molar-refractivity contribution in [3.8, 4) is 0 Å². The summed E-state index contributed by atoms with van der Waals surface area (Å²) >= 11 is 0. The molecule has 2 aliphatic heterocycles. The van der Waals surface area contributed by atoms with Gasteiger partial charge in [-0.25, -0.2) is 4.79 Å². The fraction of sp³-hybridized carbons (Fsp3) is 0.786. The normalized spacial score (nSPS) is 26.8. The number of carboxylic acids is 1. The maximum Gasteiger partial charge on any atom is 0.320 e. The first kappa shape index (κ1) is 15.6. The lowest BCUT2D eigenvalue weighted by Gasteiger charge is -2.28. The third kappa shape index (κ3) is 3.11. The Morgan fingerprint density at radius 1 is 1.33 bits per heavy atom. The van der Waals surface area contributed by atoms with Crippen molar-refractivity contribution in [2.45, 2.75) is 44.7 Å². The molecular weight excluding hydrogens is 274 g/mol. The molecule has 3 atom stereocenters. The minimum absolute atomic E-state index is 0.00440. The fourth-order valence-corrected chi connectivity index (χ4v) is 3.35. The fourth-order valence-electron chi connectivity index (χ4n) is 3.35. The number of hydrogen-bond acceptors (Lipinski definition) is 3. The maximum absolute atomic E-state index is 12.5. The van der Waals surface area contributed by atoms with Gasteiger partial charge in [0, 0.05) is 25.7 Å². The van der Waals surface area contributed by atoms with Crippen LogP contribution < -0.4 is 5.32 Å². The zero-order chi connectivity index (χ0) is 15.6. The molecule has 0 spiro atoms. The largest absolute Gasteiger partial charge is 0.481 e. The quantitative estimate of drug-likeness (QED) is 0.773. The molecule has 0 radical (unpaired) electrons. The number of hydrogen-bond donors (Lipinski definition) is 2. The smallest absolute Gasteiger partial charge is 0.320 e. The Kier molecular flexibility index (Phi) is 4.69. The van der Waals surface area contributed by atoms with Gasteiger partial charge in [-0.1, -0.05) is 6.92 Å². The molecule has 2 bridgehead atoms. The van der Waals surface area contributed by atoms with Gasteiger partial charge in [-0.3, -0.25) is 9.59 Å². The minimum Gasteiger partial charge on any atom is -0.481 e. The van der Waals surface area contributed by atoms with Crippen molar-refractivity contribution < 1.29 is 19.5 Å². The number of aliphatic carboxylic acids is 1. The molecule has 2 aliphatic rings. The van der Waals surface area contributed by atoms with Gasteiger partial charge in [-0.05, 0) is 25.7 Å². The molecule has 0 aliphatic carbocycles. The molecule has 2 heterocycles. The molecule has 2 rings (SSSR count). The van der Waals surface area contributed by atoms with Crippen LogP contribution in [0.2, 0.25) is 0 Å². The summed E-state index contributed by atoms with van der Waals surface area (Å²) in [5.74, 6) is -1.48. The predicted molar refractivity (Wildman–Crippen MR) is 75.7 cm³/mol. The highest BCUT2D eigenvalue weighted by atomic mass is 16.4. The Hall–Kier alpha value is -1.79. The van der Waals surface area contributed by atoms with Crippen LogP contribution in [0.3, 0.4) is 0 Å². The van der Waals surface area contributed by atoms with Gasteiger partial charge in [0.15, 0.2) is 0 Å². The summed E-state index contributed by atoms with van der Waals surface area (Å²) in [6.45, 7) is 2.56. The van der Waals surface area contributed by atoms with Gasteiger partial charge in [-0.15, -0.1) is 0 Å². The average Bonchev–Trinajstić information content (AvgIpc) is 3.01. The lowest BCUT2D eigenvalue weighted by atomic mass is 9.89. The van der Waals surface area contributed by atoms with Gasteiger partial charge in [-0.2, -0.15) is 0 Å². The third-order valence-electron chi connectivity index (χ3n) is 4.35. The van der Waals surface area contributed by atoms with Crippen LogP contribution in [-0.2, 0) is 9.59 Å². The topological polar surface area (TPSA) is 90.0 Å². The Labute approximate surface area is 124 Å². The number of likely N-dealkylation sites (N-methyl/N-ethyl adjacent to an activating group) is 1. The lowest BCUT2D eigenvalue weighted by Crippen LogP contribution is -2.48. The predicted octanol–water partition coefficient (Wildman–Crippen LogP) is 0.502. The van der Waals surface area contributed by atoms with Crippen LogP contribution in [0.5, 0.6) is 0 Å². The lowest BCUT2D eigenvalue weighted by molar-refractivity contribution is -0.142. The highest BCUT2D eigenvalue weighted by Crippen LogP contribution is 2.42. The number of nitrogens with zero attached hydrogens (tertiary/aromatic N) is 2. The van der Waals surface area contributed by atoms with Crippen LogP contribution in [0.25, 0.3) is 0 Å². The monoisotopic (exact) mass is 297 g/mol. The van der Waals surface area contributed by atoms with E-state index in [1.165, 1.54) is 4.90 Å². The summed E-state index contributed by atoms with van der Waals surface area (Å²) in [5, 5.41) is 11.9. The van der Waals surface area contributed by atoms with E-state index in [4.69, 9.17) is 0 Å². The van der Waals surface area contributed by atoms with Crippen molar-refractivity contribution >= 4 is 17.9 Å². The number of carbonyl (C=O) groups is 3. The number of rotatable bonds is 5. The van der Waals surface area contributed by atoms with Gasteiger partial charge in [0.25, 0.3) is 0 Å². The highest BCUT2D eigenvalue weighted by molar-refractivity contribution is 5.85. The first-order chi connectivity index (χ1) is 9.95. The van der Waals surface area contributed by atoms with Crippen LogP contribution in [0.15, 0.2) is 0 Å². The van der Waals surface area contributed by atoms with Crippen LogP contribution in [0.4, 0.5) is 4.79 Å². The second-order valence-corrected chi connectivity index (χ2v) is 5.87. The number of urea groups is 1. The second-order valence-electron chi connectivity index (χ2n) is 5.87. The molecule has 0 aromatic carbocycles. The zero-order valence-electron chi connectivity index (χ0n) is 12.5. The van der Waals surface area contributed by atoms with Gasteiger partial charge in [0.05, 0.1) is 5.92 Å². The van der Waals surface area contributed by atoms with E-state index in [2.05, 4.69) is 5.32 Å². The Balaban J connectivity index is 1.94. The van der Waals surface area contributed by atoms with E-state index >= 15 is 0 Å². The first-order valence-electron chi connectivity index (χ1n) is 7.48. The second kappa shape index (κ2) is 6.32. The van der Waals surface area contributed by atoms with Crippen molar-refractivity contribution in [3.63, 3.8) is 0 Å². The Morgan fingerprint density at radius 3 is 2.62 bits per heavy atom. The van der Waals surface area contributed by atoms with Crippen molar-refractivity contribution in [2.24, 2.45) is 5.92 Å². The molecule has 2 saturated heterocycles. The summed E-state index contributed by atoms with van der Waals surface area (Å²) in [7, 11) is 1.58. The van der Waals surface area contributed by atoms with E-state index in [0.717, 1.165) is 19.3 Å². The van der Waals surface area contributed by atoms with Gasteiger partial charge in [0.2, 0.25) is 5.91 Å². The molecular formula is C14H23N3O4. The van der Waals surface area contributed by atoms with Crippen molar-refractivity contribution in [2.75, 3.05) is 20.1 Å². The van der Waals surface area contributed by atoms with Crippen LogP contribution in [-0.4, -0.2) is 65.0 Å². The molecule has 7 nitrogen and oxygen atoms in total. The van der Waals surface area contributed by atoms with Crippen LogP contribution in [0.1, 0.15) is 32.6 Å². The molecule has 2 N–H and O–H groups in total. The average molecular weight is 297 g/mol. The van der Waals surface area contributed by atoms with E-state index in [-0.39, 0.29) is 30.6 Å². The molecule has 118 valence electrons. The van der Waals surface area contributed by atoms with Crippen molar-refractivity contribution in [3.05, 3.63) is 0 Å². The Morgan fingerprint density at radius 2 is 2.05 bits per heavy atom. The summed E-state index contributed by atoms with van der Waals surface area (Å²) in [6, 6.07) is -0.455. The van der Waals surface area contributed by atoms with Crippen molar-refractivity contribution in [1.82, 2.24) is 15.1 Å². The van der Waals surface area contributed by atoms with Gasteiger partial charge >= 0.3 is 12.0 Å². The van der Waals surface area contributed by atoms with E-state index in [0.29, 0.717) is 13.0 Å². The standard InChI is InChI=1S/C14H23N3O4/c1-3-6-15-12(18)8-16(2)14(21)17-9-4-5-11(17)10(7-9)13(19)20/h9-11H,3-8H2,1-2H3,(H,15,18)(H,19,20). The molecule has 7 heteroatoms. The summed E-state index contributed by atoms with van der Waals surface area (Å²) < 4.78 is 0. The third-order valence-corrected chi connectivity index (χ3v) is 4.35. The van der Waals surface area contributed by atoms with Crippen LogP contribution >= 0.6 is 0 Å². The molecule has 0 aromatic rings. The summed E-state index contributed by atoms with van der Waals surface area (Å²) in [5.41, 5.74) is 0. The molecule has 0 aromatic heterocycles. The number of nitrogens with one attached hydrogen (secondary N) is 1. The van der Waals surface area contributed by atoms with E-state index in [9.17, 15) is 19.5 Å². The maximum atomic E-state index is 12.5. The SMILES string of the molecule is CCCNC(=O)CN(C)C(=O)N1C2CCC1C(C(=O)O)C2. The van der Waals surface area contributed by atoms with E-state index in [1.807, 2.05) is 6.92 Å². The zero-order valence-corrected chi connectivity index (χ0v) is 12.5. The van der Waals surface area contributed by atoms with Crippen LogP contribution in [0, 0.1) is 5.92 Å².